The number of ether oxygens (including phenoxy) is 1. The molecule has 0 N–H and O–H groups in total. The summed E-state index contributed by atoms with van der Waals surface area (Å²) in [5, 5.41) is 0.863. The van der Waals surface area contributed by atoms with E-state index in [9.17, 15) is 9.59 Å². The molecule has 1 atom stereocenters. The summed E-state index contributed by atoms with van der Waals surface area (Å²) in [6, 6.07) is 18.2. The van der Waals surface area contributed by atoms with Gasteiger partial charge in [-0.15, -0.1) is 0 Å². The normalized spacial score (nSPS) is 15.2. The van der Waals surface area contributed by atoms with E-state index in [0.29, 0.717) is 28.1 Å². The summed E-state index contributed by atoms with van der Waals surface area (Å²) in [5.41, 5.74) is 4.13. The summed E-state index contributed by atoms with van der Waals surface area (Å²) in [7, 11) is 1.61. The largest absolute Gasteiger partial charge is 0.497 e. The molecule has 166 valence electrons. The van der Waals surface area contributed by atoms with E-state index in [0.717, 1.165) is 28.0 Å². The SMILES string of the molecule is COc1ccc(CN2C(=O)c3oc4cc(C)c(Cl)cc4c(=O)c3C2c2ccc(C)cc2)cc1. The van der Waals surface area contributed by atoms with Gasteiger partial charge in [0.05, 0.1) is 24.1 Å². The highest BCUT2D eigenvalue weighted by atomic mass is 35.5. The second kappa shape index (κ2) is 8.09. The maximum absolute atomic E-state index is 13.6. The quantitative estimate of drug-likeness (QED) is 0.386. The van der Waals surface area contributed by atoms with Crippen LogP contribution in [0.15, 0.2) is 69.9 Å². The molecule has 3 aromatic carbocycles. The van der Waals surface area contributed by atoms with Crippen LogP contribution in [0.5, 0.6) is 5.75 Å². The molecule has 33 heavy (non-hydrogen) atoms. The molecule has 1 aromatic heterocycles. The monoisotopic (exact) mass is 459 g/mol. The van der Waals surface area contributed by atoms with E-state index >= 15 is 0 Å². The molecule has 1 unspecified atom stereocenters. The Morgan fingerprint density at radius 2 is 1.70 bits per heavy atom. The van der Waals surface area contributed by atoms with Crippen molar-refractivity contribution >= 4 is 28.5 Å². The van der Waals surface area contributed by atoms with Crippen molar-refractivity contribution in [3.63, 3.8) is 0 Å². The highest BCUT2D eigenvalue weighted by Gasteiger charge is 2.42. The van der Waals surface area contributed by atoms with Crippen molar-refractivity contribution in [2.24, 2.45) is 0 Å². The summed E-state index contributed by atoms with van der Waals surface area (Å²) in [6.45, 7) is 4.15. The number of fused-ring (bicyclic) bond motifs is 2. The Kier molecular flexibility index (Phi) is 5.22. The van der Waals surface area contributed by atoms with Crippen LogP contribution in [0.1, 0.15) is 44.4 Å². The highest BCUT2D eigenvalue weighted by Crippen LogP contribution is 2.39. The van der Waals surface area contributed by atoms with Crippen LogP contribution in [-0.2, 0) is 6.54 Å². The van der Waals surface area contributed by atoms with Crippen molar-refractivity contribution in [1.82, 2.24) is 4.90 Å². The number of methoxy groups -OCH3 is 1. The van der Waals surface area contributed by atoms with Gasteiger partial charge in [-0.1, -0.05) is 53.6 Å². The Hall–Kier alpha value is -3.57. The topological polar surface area (TPSA) is 59.8 Å². The van der Waals surface area contributed by atoms with Crippen molar-refractivity contribution in [3.05, 3.63) is 109 Å². The third kappa shape index (κ3) is 3.58. The molecule has 1 amide bonds. The average molecular weight is 460 g/mol. The van der Waals surface area contributed by atoms with Crippen LogP contribution in [0.2, 0.25) is 5.02 Å². The lowest BCUT2D eigenvalue weighted by atomic mass is 9.97. The van der Waals surface area contributed by atoms with E-state index in [4.69, 9.17) is 20.8 Å². The first-order chi connectivity index (χ1) is 15.9. The van der Waals surface area contributed by atoms with Crippen LogP contribution in [0.25, 0.3) is 11.0 Å². The molecule has 6 heteroatoms. The summed E-state index contributed by atoms with van der Waals surface area (Å²) >= 11 is 6.30. The fourth-order valence-electron chi connectivity index (χ4n) is 4.33. The van der Waals surface area contributed by atoms with Crippen LogP contribution in [0, 0.1) is 13.8 Å². The number of benzene rings is 3. The second-order valence-corrected chi connectivity index (χ2v) is 8.77. The number of carbonyl (C=O) groups is 1. The Morgan fingerprint density at radius 1 is 1.00 bits per heavy atom. The van der Waals surface area contributed by atoms with Gasteiger partial charge >= 0.3 is 0 Å². The number of aryl methyl sites for hydroxylation is 2. The molecule has 0 fully saturated rings. The molecule has 2 heterocycles. The number of hydrogen-bond donors (Lipinski definition) is 0. The van der Waals surface area contributed by atoms with Crippen LogP contribution < -0.4 is 10.2 Å². The first-order valence-corrected chi connectivity index (χ1v) is 11.0. The lowest BCUT2D eigenvalue weighted by Crippen LogP contribution is -2.29. The molecule has 0 spiro atoms. The number of amides is 1. The lowest BCUT2D eigenvalue weighted by molar-refractivity contribution is 0.0714. The summed E-state index contributed by atoms with van der Waals surface area (Å²) < 4.78 is 11.3. The maximum Gasteiger partial charge on any atom is 0.291 e. The molecule has 5 rings (SSSR count). The van der Waals surface area contributed by atoms with E-state index in [1.165, 1.54) is 0 Å². The van der Waals surface area contributed by atoms with Gasteiger partial charge in [0.25, 0.3) is 5.91 Å². The van der Waals surface area contributed by atoms with Gasteiger partial charge in [-0.25, -0.2) is 0 Å². The molecule has 0 saturated carbocycles. The van der Waals surface area contributed by atoms with E-state index in [1.807, 2.05) is 62.4 Å². The minimum Gasteiger partial charge on any atom is -0.497 e. The highest BCUT2D eigenvalue weighted by molar-refractivity contribution is 6.32. The van der Waals surface area contributed by atoms with Crippen LogP contribution in [0.4, 0.5) is 0 Å². The van der Waals surface area contributed by atoms with Gasteiger partial charge in [0.1, 0.15) is 11.3 Å². The fraction of sp³-hybridized carbons (Fsp3) is 0.185. The second-order valence-electron chi connectivity index (χ2n) is 8.37. The van der Waals surface area contributed by atoms with Crippen molar-refractivity contribution < 1.29 is 13.9 Å². The van der Waals surface area contributed by atoms with E-state index in [2.05, 4.69) is 0 Å². The van der Waals surface area contributed by atoms with Gasteiger partial charge in [-0.2, -0.15) is 0 Å². The van der Waals surface area contributed by atoms with Gasteiger partial charge in [0.2, 0.25) is 5.76 Å². The van der Waals surface area contributed by atoms with Gasteiger partial charge in [-0.05, 0) is 54.8 Å². The van der Waals surface area contributed by atoms with Crippen molar-refractivity contribution in [2.45, 2.75) is 26.4 Å². The van der Waals surface area contributed by atoms with Crippen molar-refractivity contribution in [1.29, 1.82) is 0 Å². The standard InChI is InChI=1S/C27H22ClNO4/c1-15-4-8-18(9-5-15)24-23-25(30)20-13-21(28)16(2)12-22(20)33-26(23)27(31)29(24)14-17-6-10-19(32-3)11-7-17/h4-13,24H,14H2,1-3H3. The number of carbonyl (C=O) groups excluding carboxylic acids is 1. The summed E-state index contributed by atoms with van der Waals surface area (Å²) in [4.78, 5) is 28.9. The molecule has 0 saturated heterocycles. The van der Waals surface area contributed by atoms with Gasteiger partial charge < -0.3 is 14.1 Å². The Balaban J connectivity index is 1.70. The molecule has 0 bridgehead atoms. The summed E-state index contributed by atoms with van der Waals surface area (Å²) in [6.07, 6.45) is 0. The van der Waals surface area contributed by atoms with Crippen molar-refractivity contribution in [3.8, 4) is 5.75 Å². The maximum atomic E-state index is 13.6. The fourth-order valence-corrected chi connectivity index (χ4v) is 4.49. The third-order valence-electron chi connectivity index (χ3n) is 6.15. The van der Waals surface area contributed by atoms with E-state index < -0.39 is 6.04 Å². The number of rotatable bonds is 4. The van der Waals surface area contributed by atoms with Gasteiger partial charge in [-0.3, -0.25) is 9.59 Å². The van der Waals surface area contributed by atoms with Crippen molar-refractivity contribution in [2.75, 3.05) is 7.11 Å². The minimum atomic E-state index is -0.559. The Morgan fingerprint density at radius 3 is 2.36 bits per heavy atom. The molecule has 1 aliphatic heterocycles. The molecule has 0 aliphatic carbocycles. The smallest absolute Gasteiger partial charge is 0.291 e. The number of halogens is 1. The summed E-state index contributed by atoms with van der Waals surface area (Å²) in [5.74, 6) is 0.520. The zero-order valence-electron chi connectivity index (χ0n) is 18.5. The predicted molar refractivity (Wildman–Crippen MR) is 128 cm³/mol. The Labute approximate surface area is 196 Å². The first kappa shape index (κ1) is 21.3. The van der Waals surface area contributed by atoms with E-state index in [1.54, 1.807) is 24.1 Å². The zero-order chi connectivity index (χ0) is 23.3. The molecular formula is C27H22ClNO4. The van der Waals surface area contributed by atoms with Gasteiger partial charge in [0.15, 0.2) is 5.43 Å². The molecule has 4 aromatic rings. The third-order valence-corrected chi connectivity index (χ3v) is 6.56. The van der Waals surface area contributed by atoms with Gasteiger partial charge in [0, 0.05) is 11.6 Å². The van der Waals surface area contributed by atoms with Crippen LogP contribution in [0.3, 0.4) is 0 Å². The lowest BCUT2D eigenvalue weighted by Gasteiger charge is -2.25. The van der Waals surface area contributed by atoms with Crippen LogP contribution in [-0.4, -0.2) is 17.9 Å². The number of nitrogens with zero attached hydrogens (tertiary/aromatic N) is 1. The molecular weight excluding hydrogens is 438 g/mol. The predicted octanol–water partition coefficient (Wildman–Crippen LogP) is 5.82. The number of hydrogen-bond acceptors (Lipinski definition) is 4. The average Bonchev–Trinajstić information content (AvgIpc) is 3.08. The molecule has 1 aliphatic rings. The zero-order valence-corrected chi connectivity index (χ0v) is 19.3. The first-order valence-electron chi connectivity index (χ1n) is 10.6. The molecule has 0 radical (unpaired) electrons. The minimum absolute atomic E-state index is 0.0910. The van der Waals surface area contributed by atoms with E-state index in [-0.39, 0.29) is 17.1 Å². The Bertz CT molecular complexity index is 1440. The molecule has 5 nitrogen and oxygen atoms in total. The van der Waals surface area contributed by atoms with Crippen LogP contribution >= 0.6 is 11.6 Å².